The van der Waals surface area contributed by atoms with Crippen molar-refractivity contribution >= 4 is 23.1 Å². The number of anilines is 4. The van der Waals surface area contributed by atoms with Gasteiger partial charge in [0, 0.05) is 24.5 Å². The third-order valence-electron chi connectivity index (χ3n) is 3.98. The first-order valence-corrected chi connectivity index (χ1v) is 9.27. The number of rotatable bonds is 9. The molecule has 3 aromatic rings. The first kappa shape index (κ1) is 21.4. The minimum atomic E-state index is -0.714. The van der Waals surface area contributed by atoms with Gasteiger partial charge in [0.05, 0.1) is 5.69 Å². The third-order valence-corrected chi connectivity index (χ3v) is 3.98. The fourth-order valence-electron chi connectivity index (χ4n) is 2.65. The van der Waals surface area contributed by atoms with Crippen molar-refractivity contribution in [1.82, 2.24) is 14.9 Å². The Labute approximate surface area is 173 Å². The molecule has 1 unspecified atom stereocenters. The molecule has 0 aliphatic rings. The van der Waals surface area contributed by atoms with Gasteiger partial charge in [0.1, 0.15) is 35.9 Å². The van der Waals surface area contributed by atoms with E-state index in [0.717, 1.165) is 17.8 Å². The molecule has 0 amide bonds. The molecule has 0 fully saturated rings. The molecule has 0 aliphatic heterocycles. The lowest BCUT2D eigenvalue weighted by Gasteiger charge is -2.16. The van der Waals surface area contributed by atoms with Gasteiger partial charge in [-0.3, -0.25) is 0 Å². The van der Waals surface area contributed by atoms with E-state index in [4.69, 9.17) is 4.74 Å². The van der Waals surface area contributed by atoms with Crippen molar-refractivity contribution in [2.75, 3.05) is 37.9 Å². The molecule has 0 spiro atoms. The fraction of sp³-hybridized carbons (Fsp3) is 0.238. The van der Waals surface area contributed by atoms with Gasteiger partial charge < -0.3 is 25.4 Å². The van der Waals surface area contributed by atoms with E-state index in [2.05, 4.69) is 20.6 Å². The Kier molecular flexibility index (Phi) is 7.10. The van der Waals surface area contributed by atoms with Crippen LogP contribution in [0.1, 0.15) is 0 Å². The summed E-state index contributed by atoms with van der Waals surface area (Å²) in [6, 6.07) is 11.9. The van der Waals surface area contributed by atoms with E-state index in [0.29, 0.717) is 24.1 Å². The van der Waals surface area contributed by atoms with Gasteiger partial charge >= 0.3 is 0 Å². The van der Waals surface area contributed by atoms with E-state index in [1.807, 2.05) is 19.0 Å². The monoisotopic (exact) mass is 415 g/mol. The van der Waals surface area contributed by atoms with Crippen molar-refractivity contribution in [3.05, 3.63) is 66.4 Å². The molecule has 158 valence electrons. The van der Waals surface area contributed by atoms with Gasteiger partial charge in [-0.05, 0) is 56.6 Å². The molecule has 0 aliphatic carbocycles. The van der Waals surface area contributed by atoms with Crippen molar-refractivity contribution in [2.45, 2.75) is 6.10 Å². The topological polar surface area (TPSA) is 82.5 Å². The third kappa shape index (κ3) is 6.36. The number of benzene rings is 2. The van der Waals surface area contributed by atoms with Crippen LogP contribution in [0.25, 0.3) is 0 Å². The Balaban J connectivity index is 1.59. The van der Waals surface area contributed by atoms with Gasteiger partial charge in [-0.15, -0.1) is 0 Å². The molecule has 2 aromatic carbocycles. The van der Waals surface area contributed by atoms with Gasteiger partial charge in [0.2, 0.25) is 5.95 Å². The average molecular weight is 415 g/mol. The van der Waals surface area contributed by atoms with Gasteiger partial charge in [-0.1, -0.05) is 0 Å². The molecular weight excluding hydrogens is 392 g/mol. The molecule has 1 heterocycles. The highest BCUT2D eigenvalue weighted by atomic mass is 19.1. The highest BCUT2D eigenvalue weighted by Crippen LogP contribution is 2.22. The molecule has 3 rings (SSSR count). The number of halogens is 2. The summed E-state index contributed by atoms with van der Waals surface area (Å²) < 4.78 is 32.4. The maximum atomic E-state index is 13.8. The predicted octanol–water partition coefficient (Wildman–Crippen LogP) is 3.54. The number of aromatic nitrogens is 2. The highest BCUT2D eigenvalue weighted by molar-refractivity contribution is 5.60. The maximum absolute atomic E-state index is 13.8. The fourth-order valence-corrected chi connectivity index (χ4v) is 2.65. The van der Waals surface area contributed by atoms with Crippen molar-refractivity contribution < 1.29 is 18.6 Å². The lowest BCUT2D eigenvalue weighted by Crippen LogP contribution is -2.30. The van der Waals surface area contributed by atoms with Crippen molar-refractivity contribution in [3.63, 3.8) is 0 Å². The van der Waals surface area contributed by atoms with E-state index < -0.39 is 17.7 Å². The maximum Gasteiger partial charge on any atom is 0.229 e. The van der Waals surface area contributed by atoms with Crippen LogP contribution in [0.4, 0.5) is 31.9 Å². The van der Waals surface area contributed by atoms with Crippen LogP contribution in [0.3, 0.4) is 0 Å². The molecule has 3 N–H and O–H groups in total. The second-order valence-electron chi connectivity index (χ2n) is 6.89. The summed E-state index contributed by atoms with van der Waals surface area (Å²) in [5.74, 6) is -0.0796. The Bertz CT molecular complexity index is 970. The zero-order valence-corrected chi connectivity index (χ0v) is 16.6. The smallest absolute Gasteiger partial charge is 0.229 e. The van der Waals surface area contributed by atoms with E-state index in [1.165, 1.54) is 12.3 Å². The van der Waals surface area contributed by atoms with Crippen molar-refractivity contribution in [3.8, 4) is 5.75 Å². The number of aliphatic hydroxyl groups excluding tert-OH is 1. The number of nitrogens with one attached hydrogen (secondary N) is 2. The lowest BCUT2D eigenvalue weighted by molar-refractivity contribution is 0.0831. The minimum absolute atomic E-state index is 0.110. The van der Waals surface area contributed by atoms with Gasteiger partial charge in [-0.25, -0.2) is 13.8 Å². The van der Waals surface area contributed by atoms with Crippen molar-refractivity contribution in [1.29, 1.82) is 0 Å². The number of likely N-dealkylation sites (N-methyl/N-ethyl adjacent to an activating group) is 1. The Morgan fingerprint density at radius 1 is 1.07 bits per heavy atom. The second-order valence-corrected chi connectivity index (χ2v) is 6.89. The molecule has 30 heavy (non-hydrogen) atoms. The van der Waals surface area contributed by atoms with Gasteiger partial charge in [0.25, 0.3) is 0 Å². The van der Waals surface area contributed by atoms with E-state index in [-0.39, 0.29) is 12.3 Å². The summed E-state index contributed by atoms with van der Waals surface area (Å²) in [5.41, 5.74) is 0.834. The van der Waals surface area contributed by atoms with Crippen LogP contribution in [0.5, 0.6) is 5.75 Å². The highest BCUT2D eigenvalue weighted by Gasteiger charge is 2.08. The molecule has 0 saturated heterocycles. The number of aliphatic hydroxyl groups is 1. The van der Waals surface area contributed by atoms with Crippen LogP contribution >= 0.6 is 0 Å². The molecule has 0 saturated carbocycles. The van der Waals surface area contributed by atoms with Crippen LogP contribution in [0.15, 0.2) is 54.7 Å². The van der Waals surface area contributed by atoms with Crippen LogP contribution in [-0.4, -0.2) is 53.3 Å². The SMILES string of the molecule is CN(C)CC(O)COc1ccc(Nc2nccc(Nc3ccc(F)cc3F)n2)cc1. The zero-order valence-electron chi connectivity index (χ0n) is 16.6. The lowest BCUT2D eigenvalue weighted by atomic mass is 10.3. The Morgan fingerprint density at radius 2 is 1.83 bits per heavy atom. The largest absolute Gasteiger partial charge is 0.491 e. The molecule has 1 atom stereocenters. The molecule has 0 bridgehead atoms. The first-order chi connectivity index (χ1) is 14.4. The summed E-state index contributed by atoms with van der Waals surface area (Å²) in [4.78, 5) is 10.3. The van der Waals surface area contributed by atoms with Gasteiger partial charge in [-0.2, -0.15) is 4.98 Å². The normalized spacial score (nSPS) is 11.9. The van der Waals surface area contributed by atoms with E-state index in [1.54, 1.807) is 30.3 Å². The summed E-state index contributed by atoms with van der Waals surface area (Å²) >= 11 is 0. The minimum Gasteiger partial charge on any atom is -0.491 e. The molecule has 1 aromatic heterocycles. The quantitative estimate of drug-likeness (QED) is 0.493. The van der Waals surface area contributed by atoms with Crippen LogP contribution in [0, 0.1) is 11.6 Å². The van der Waals surface area contributed by atoms with Crippen LogP contribution in [-0.2, 0) is 0 Å². The molecule has 7 nitrogen and oxygen atoms in total. The molecule has 9 heteroatoms. The van der Waals surface area contributed by atoms with Crippen molar-refractivity contribution in [2.24, 2.45) is 0 Å². The predicted molar refractivity (Wildman–Crippen MR) is 111 cm³/mol. The Morgan fingerprint density at radius 3 is 2.53 bits per heavy atom. The summed E-state index contributed by atoms with van der Waals surface area (Å²) in [6.45, 7) is 0.713. The Hall–Kier alpha value is -3.30. The number of hydrogen-bond acceptors (Lipinski definition) is 7. The first-order valence-electron chi connectivity index (χ1n) is 9.27. The van der Waals surface area contributed by atoms with E-state index >= 15 is 0 Å². The average Bonchev–Trinajstić information content (AvgIpc) is 2.69. The summed E-state index contributed by atoms with van der Waals surface area (Å²) in [7, 11) is 3.76. The van der Waals surface area contributed by atoms with E-state index in [9.17, 15) is 13.9 Å². The second kappa shape index (κ2) is 9.95. The molecular formula is C21H23F2N5O2. The summed E-state index contributed by atoms with van der Waals surface area (Å²) in [5, 5.41) is 15.7. The molecule has 0 radical (unpaired) electrons. The van der Waals surface area contributed by atoms with Crippen LogP contribution < -0.4 is 15.4 Å². The number of hydrogen-bond donors (Lipinski definition) is 3. The number of ether oxygens (including phenoxy) is 1. The van der Waals surface area contributed by atoms with Crippen LogP contribution in [0.2, 0.25) is 0 Å². The standard InChI is InChI=1S/C21H23F2N5O2/c1-28(2)12-16(29)13-30-17-6-4-15(5-7-17)25-21-24-10-9-20(27-21)26-19-8-3-14(22)11-18(19)23/h3-11,16,29H,12-13H2,1-2H3,(H2,24,25,26,27). The number of nitrogens with zero attached hydrogens (tertiary/aromatic N) is 3. The van der Waals surface area contributed by atoms with Gasteiger partial charge in [0.15, 0.2) is 0 Å². The summed E-state index contributed by atoms with van der Waals surface area (Å²) in [6.07, 6.45) is 0.940. The zero-order chi connectivity index (χ0) is 21.5.